The third-order valence-corrected chi connectivity index (χ3v) is 5.63. The molecule has 6 heteroatoms. The molecule has 2 heterocycles. The van der Waals surface area contributed by atoms with Gasteiger partial charge in [0, 0.05) is 19.0 Å². The first-order chi connectivity index (χ1) is 9.86. The molecule has 0 saturated carbocycles. The van der Waals surface area contributed by atoms with Crippen LogP contribution < -0.4 is 4.90 Å². The summed E-state index contributed by atoms with van der Waals surface area (Å²) in [7, 11) is 1.46. The fraction of sp³-hybridized carbons (Fsp3) is 0.800. The van der Waals surface area contributed by atoms with Gasteiger partial charge in [0.05, 0.1) is 12.5 Å². The van der Waals surface area contributed by atoms with E-state index in [4.69, 9.17) is 4.74 Å². The zero-order valence-corrected chi connectivity index (χ0v) is 14.4. The fourth-order valence-electron chi connectivity index (χ4n) is 2.76. The maximum atomic E-state index is 12.0. The second kappa shape index (κ2) is 6.30. The Balaban J connectivity index is 2.11. The number of carbonyl (C=O) groups excluding carboxylic acids is 1. The van der Waals surface area contributed by atoms with Gasteiger partial charge in [-0.05, 0) is 32.6 Å². The van der Waals surface area contributed by atoms with Crippen molar-refractivity contribution in [1.29, 1.82) is 0 Å². The number of rotatable bonds is 4. The summed E-state index contributed by atoms with van der Waals surface area (Å²) in [5, 5.41) is 10.6. The van der Waals surface area contributed by atoms with E-state index in [9.17, 15) is 4.79 Å². The third kappa shape index (κ3) is 3.36. The topological polar surface area (TPSA) is 55.3 Å². The Bertz CT molecular complexity index is 499. The van der Waals surface area contributed by atoms with E-state index < -0.39 is 5.41 Å². The summed E-state index contributed by atoms with van der Waals surface area (Å²) in [6.45, 7) is 10.0. The molecule has 1 aromatic rings. The lowest BCUT2D eigenvalue weighted by molar-refractivity contribution is -0.154. The minimum absolute atomic E-state index is 0.130. The molecule has 0 aromatic carbocycles. The molecule has 1 saturated heterocycles. The number of nitrogens with zero attached hydrogens (tertiary/aromatic N) is 3. The molecule has 0 aliphatic carbocycles. The van der Waals surface area contributed by atoms with Gasteiger partial charge < -0.3 is 9.64 Å². The monoisotopic (exact) mass is 311 g/mol. The number of anilines is 1. The van der Waals surface area contributed by atoms with Crippen LogP contribution in [0.3, 0.4) is 0 Å². The van der Waals surface area contributed by atoms with Crippen LogP contribution in [0.2, 0.25) is 0 Å². The molecule has 21 heavy (non-hydrogen) atoms. The molecular weight excluding hydrogens is 286 g/mol. The van der Waals surface area contributed by atoms with E-state index in [-0.39, 0.29) is 11.9 Å². The van der Waals surface area contributed by atoms with Crippen molar-refractivity contribution in [2.75, 3.05) is 25.1 Å². The zero-order valence-electron chi connectivity index (χ0n) is 13.5. The first-order valence-electron chi connectivity index (χ1n) is 7.53. The van der Waals surface area contributed by atoms with Crippen molar-refractivity contribution >= 4 is 22.4 Å². The van der Waals surface area contributed by atoms with Crippen LogP contribution in [0.5, 0.6) is 0 Å². The molecule has 0 bridgehead atoms. The number of ether oxygens (including phenoxy) is 1. The van der Waals surface area contributed by atoms with Crippen molar-refractivity contribution in [2.24, 2.45) is 11.3 Å². The second-order valence-corrected chi connectivity index (χ2v) is 7.56. The van der Waals surface area contributed by atoms with Crippen LogP contribution >= 0.6 is 11.3 Å². The van der Waals surface area contributed by atoms with Crippen molar-refractivity contribution in [3.05, 3.63) is 5.01 Å². The number of esters is 1. The van der Waals surface area contributed by atoms with Gasteiger partial charge in [-0.15, -0.1) is 10.2 Å². The van der Waals surface area contributed by atoms with Crippen molar-refractivity contribution in [1.82, 2.24) is 10.2 Å². The van der Waals surface area contributed by atoms with Crippen molar-refractivity contribution < 1.29 is 9.53 Å². The van der Waals surface area contributed by atoms with E-state index in [0.29, 0.717) is 5.92 Å². The van der Waals surface area contributed by atoms with Gasteiger partial charge >= 0.3 is 5.97 Å². The normalized spacial score (nSPS) is 19.9. The van der Waals surface area contributed by atoms with Crippen molar-refractivity contribution in [2.45, 2.75) is 46.5 Å². The molecule has 1 aliphatic heterocycles. The number of hydrogen-bond donors (Lipinski definition) is 0. The highest BCUT2D eigenvalue weighted by Gasteiger charge is 2.40. The maximum Gasteiger partial charge on any atom is 0.311 e. The Morgan fingerprint density at radius 1 is 1.43 bits per heavy atom. The lowest BCUT2D eigenvalue weighted by Gasteiger charge is -2.39. The van der Waals surface area contributed by atoms with Crippen LogP contribution in [-0.4, -0.2) is 36.4 Å². The highest BCUT2D eigenvalue weighted by atomic mass is 32.1. The average Bonchev–Trinajstić information content (AvgIpc) is 2.96. The lowest BCUT2D eigenvalue weighted by atomic mass is 9.74. The average molecular weight is 311 g/mol. The van der Waals surface area contributed by atoms with E-state index in [1.54, 1.807) is 11.3 Å². The third-order valence-electron chi connectivity index (χ3n) is 4.35. The molecule has 0 radical (unpaired) electrons. The van der Waals surface area contributed by atoms with Crippen molar-refractivity contribution in [3.8, 4) is 0 Å². The van der Waals surface area contributed by atoms with Crippen LogP contribution in [0.1, 0.15) is 51.5 Å². The Hall–Kier alpha value is -1.17. The Morgan fingerprint density at radius 2 is 2.14 bits per heavy atom. The molecule has 5 nitrogen and oxygen atoms in total. The largest absolute Gasteiger partial charge is 0.469 e. The van der Waals surface area contributed by atoms with Gasteiger partial charge in [0.1, 0.15) is 5.01 Å². The first kappa shape index (κ1) is 16.2. The van der Waals surface area contributed by atoms with Gasteiger partial charge in [-0.1, -0.05) is 25.2 Å². The summed E-state index contributed by atoms with van der Waals surface area (Å²) in [6.07, 6.45) is 2.12. The molecule has 1 fully saturated rings. The van der Waals surface area contributed by atoms with E-state index in [2.05, 4.69) is 28.9 Å². The highest BCUT2D eigenvalue weighted by molar-refractivity contribution is 7.15. The van der Waals surface area contributed by atoms with Crippen LogP contribution in [0.4, 0.5) is 5.13 Å². The van der Waals surface area contributed by atoms with Gasteiger partial charge in [-0.25, -0.2) is 0 Å². The molecular formula is C15H25N3O2S. The maximum absolute atomic E-state index is 12.0. The summed E-state index contributed by atoms with van der Waals surface area (Å²) >= 11 is 1.66. The molecule has 1 unspecified atom stereocenters. The minimum atomic E-state index is -0.459. The SMILES string of the molecule is COC(=O)C(C)(C)C1CCCN(c2nnc(C(C)C)s2)C1. The Morgan fingerprint density at radius 3 is 2.71 bits per heavy atom. The second-order valence-electron chi connectivity index (χ2n) is 6.58. The van der Waals surface area contributed by atoms with Gasteiger partial charge in [0.25, 0.3) is 0 Å². The highest BCUT2D eigenvalue weighted by Crippen LogP contribution is 2.37. The molecule has 1 aliphatic rings. The van der Waals surface area contributed by atoms with E-state index in [0.717, 1.165) is 36.1 Å². The predicted molar refractivity (Wildman–Crippen MR) is 84.7 cm³/mol. The molecule has 0 N–H and O–H groups in total. The summed E-state index contributed by atoms with van der Waals surface area (Å²) in [5.41, 5.74) is -0.459. The predicted octanol–water partition coefficient (Wildman–Crippen LogP) is 3.08. The quantitative estimate of drug-likeness (QED) is 0.800. The number of aromatic nitrogens is 2. The molecule has 2 rings (SSSR count). The Kier molecular flexibility index (Phi) is 4.86. The van der Waals surface area contributed by atoms with E-state index >= 15 is 0 Å². The first-order valence-corrected chi connectivity index (χ1v) is 8.34. The van der Waals surface area contributed by atoms with Crippen LogP contribution in [0.25, 0.3) is 0 Å². The van der Waals surface area contributed by atoms with Gasteiger partial charge in [0.15, 0.2) is 0 Å². The van der Waals surface area contributed by atoms with Crippen LogP contribution in [0, 0.1) is 11.3 Å². The minimum Gasteiger partial charge on any atom is -0.469 e. The van der Waals surface area contributed by atoms with Crippen molar-refractivity contribution in [3.63, 3.8) is 0 Å². The summed E-state index contributed by atoms with van der Waals surface area (Å²) in [6, 6.07) is 0. The van der Waals surface area contributed by atoms with Crippen LogP contribution in [-0.2, 0) is 9.53 Å². The standard InChI is InChI=1S/C15H25N3O2S/c1-10(2)12-16-17-14(21-12)18-8-6-7-11(9-18)15(3,4)13(19)20-5/h10-11H,6-9H2,1-5H3. The number of carbonyl (C=O) groups is 1. The van der Waals surface area contributed by atoms with E-state index in [1.165, 1.54) is 7.11 Å². The zero-order chi connectivity index (χ0) is 15.6. The molecule has 118 valence electrons. The smallest absolute Gasteiger partial charge is 0.311 e. The molecule has 0 amide bonds. The fourth-order valence-corrected chi connectivity index (χ4v) is 3.64. The van der Waals surface area contributed by atoms with Gasteiger partial charge in [-0.3, -0.25) is 4.79 Å². The van der Waals surface area contributed by atoms with E-state index in [1.807, 2.05) is 13.8 Å². The molecule has 1 atom stereocenters. The Labute approximate surface area is 130 Å². The van der Waals surface area contributed by atoms with Crippen LogP contribution in [0.15, 0.2) is 0 Å². The lowest BCUT2D eigenvalue weighted by Crippen LogP contribution is -2.45. The number of hydrogen-bond acceptors (Lipinski definition) is 6. The summed E-state index contributed by atoms with van der Waals surface area (Å²) in [5.74, 6) is 0.558. The molecule has 1 aromatic heterocycles. The summed E-state index contributed by atoms with van der Waals surface area (Å²) < 4.78 is 4.96. The number of methoxy groups -OCH3 is 1. The molecule has 0 spiro atoms. The number of piperidine rings is 1. The van der Waals surface area contributed by atoms with Gasteiger partial charge in [0.2, 0.25) is 5.13 Å². The van der Waals surface area contributed by atoms with Gasteiger partial charge in [-0.2, -0.15) is 0 Å². The summed E-state index contributed by atoms with van der Waals surface area (Å²) in [4.78, 5) is 14.3.